The highest BCUT2D eigenvalue weighted by Crippen LogP contribution is 2.35. The van der Waals surface area contributed by atoms with Gasteiger partial charge in [-0.2, -0.15) is 0 Å². The lowest BCUT2D eigenvalue weighted by Gasteiger charge is -2.38. The van der Waals surface area contributed by atoms with Crippen molar-refractivity contribution in [2.24, 2.45) is 0 Å². The number of hydrogen-bond donors (Lipinski definition) is 1. The highest BCUT2D eigenvalue weighted by atomic mass is 79.9. The minimum atomic E-state index is 0.531. The highest BCUT2D eigenvalue weighted by molar-refractivity contribution is 9.10. The predicted octanol–water partition coefficient (Wildman–Crippen LogP) is 3.79. The molecule has 1 aromatic rings. The molecule has 3 atom stereocenters. The van der Waals surface area contributed by atoms with Crippen LogP contribution < -0.4 is 5.32 Å². The van der Waals surface area contributed by atoms with Crippen molar-refractivity contribution < 1.29 is 0 Å². The molecule has 3 heterocycles. The van der Waals surface area contributed by atoms with Crippen LogP contribution in [0.15, 0.2) is 15.9 Å². The van der Waals surface area contributed by atoms with E-state index in [4.69, 9.17) is 0 Å². The molecule has 4 heteroatoms. The van der Waals surface area contributed by atoms with Gasteiger partial charge in [0, 0.05) is 38.9 Å². The molecule has 0 radical (unpaired) electrons. The largest absolute Gasteiger partial charge is 0.311 e. The number of hydrogen-bond acceptors (Lipinski definition) is 3. The second-order valence-corrected chi connectivity index (χ2v) is 7.63. The first-order valence-corrected chi connectivity index (χ1v) is 8.52. The van der Waals surface area contributed by atoms with Gasteiger partial charge in [-0.1, -0.05) is 0 Å². The molecule has 1 aromatic heterocycles. The number of fused-ring (bicyclic) bond motifs is 2. The number of rotatable bonds is 3. The van der Waals surface area contributed by atoms with E-state index in [2.05, 4.69) is 51.6 Å². The van der Waals surface area contributed by atoms with Gasteiger partial charge in [-0.25, -0.2) is 0 Å². The fourth-order valence-electron chi connectivity index (χ4n) is 3.42. The van der Waals surface area contributed by atoms with E-state index in [1.54, 1.807) is 0 Å². The van der Waals surface area contributed by atoms with Crippen LogP contribution in [0.1, 0.15) is 43.5 Å². The van der Waals surface area contributed by atoms with Gasteiger partial charge in [-0.3, -0.25) is 4.90 Å². The summed E-state index contributed by atoms with van der Waals surface area (Å²) in [5, 5.41) is 5.91. The number of nitrogens with one attached hydrogen (secondary N) is 1. The molecule has 0 spiro atoms. The van der Waals surface area contributed by atoms with Gasteiger partial charge >= 0.3 is 0 Å². The van der Waals surface area contributed by atoms with Crippen molar-refractivity contribution in [1.29, 1.82) is 0 Å². The van der Waals surface area contributed by atoms with Gasteiger partial charge in [0.25, 0.3) is 0 Å². The molecule has 2 nitrogen and oxygen atoms in total. The van der Waals surface area contributed by atoms with Crippen molar-refractivity contribution in [3.05, 3.63) is 20.8 Å². The van der Waals surface area contributed by atoms with E-state index in [-0.39, 0.29) is 0 Å². The van der Waals surface area contributed by atoms with Crippen molar-refractivity contribution in [3.8, 4) is 0 Å². The predicted molar refractivity (Wildman–Crippen MR) is 81.2 cm³/mol. The van der Waals surface area contributed by atoms with Crippen molar-refractivity contribution in [2.45, 2.75) is 56.8 Å². The molecular weight excluding hydrogens is 308 g/mol. The average Bonchev–Trinajstić information content (AvgIpc) is 2.94. The third-order valence-electron chi connectivity index (χ3n) is 4.63. The minimum Gasteiger partial charge on any atom is -0.311 e. The van der Waals surface area contributed by atoms with Gasteiger partial charge in [0.1, 0.15) is 0 Å². The van der Waals surface area contributed by atoms with Gasteiger partial charge in [-0.15, -0.1) is 11.3 Å². The average molecular weight is 329 g/mol. The summed E-state index contributed by atoms with van der Waals surface area (Å²) in [7, 11) is 2.30. The van der Waals surface area contributed by atoms with Crippen LogP contribution in [0.25, 0.3) is 0 Å². The van der Waals surface area contributed by atoms with Crippen LogP contribution in [0, 0.1) is 0 Å². The molecule has 3 rings (SSSR count). The second-order valence-electron chi connectivity index (χ2n) is 5.77. The van der Waals surface area contributed by atoms with E-state index < -0.39 is 0 Å². The first-order chi connectivity index (χ1) is 8.63. The molecule has 2 saturated heterocycles. The molecule has 1 N–H and O–H groups in total. The molecule has 2 aliphatic rings. The topological polar surface area (TPSA) is 15.3 Å². The van der Waals surface area contributed by atoms with E-state index in [0.29, 0.717) is 6.04 Å². The standard InChI is InChI=1S/C14H21BrN2S/c1-9(14-5-10(15)8-18-14)17(2)13-6-11-3-4-12(7-13)16-11/h5,8-9,11-13,16H,3-4,6-7H2,1-2H3. The Hall–Kier alpha value is 0.1000. The summed E-state index contributed by atoms with van der Waals surface area (Å²) in [5.41, 5.74) is 0. The zero-order chi connectivity index (χ0) is 12.7. The van der Waals surface area contributed by atoms with Crippen LogP contribution in [0.5, 0.6) is 0 Å². The van der Waals surface area contributed by atoms with Crippen LogP contribution in [0.4, 0.5) is 0 Å². The Morgan fingerprint density at radius 1 is 1.39 bits per heavy atom. The molecule has 0 amide bonds. The summed E-state index contributed by atoms with van der Waals surface area (Å²) in [6.45, 7) is 2.34. The minimum absolute atomic E-state index is 0.531. The molecule has 2 aliphatic heterocycles. The Morgan fingerprint density at radius 2 is 2.06 bits per heavy atom. The van der Waals surface area contributed by atoms with Crippen molar-refractivity contribution in [1.82, 2.24) is 10.2 Å². The quantitative estimate of drug-likeness (QED) is 0.908. The number of nitrogens with zero attached hydrogens (tertiary/aromatic N) is 1. The molecule has 2 bridgehead atoms. The third kappa shape index (κ3) is 2.53. The summed E-state index contributed by atoms with van der Waals surface area (Å²) in [5.74, 6) is 0. The fraction of sp³-hybridized carbons (Fsp3) is 0.714. The highest BCUT2D eigenvalue weighted by Gasteiger charge is 2.36. The first kappa shape index (κ1) is 13.1. The molecule has 18 heavy (non-hydrogen) atoms. The zero-order valence-electron chi connectivity index (χ0n) is 11.0. The van der Waals surface area contributed by atoms with Gasteiger partial charge in [-0.05, 0) is 61.7 Å². The number of halogens is 1. The smallest absolute Gasteiger partial charge is 0.0413 e. The molecular formula is C14H21BrN2S. The number of thiophene rings is 1. The Kier molecular flexibility index (Phi) is 3.81. The van der Waals surface area contributed by atoms with Gasteiger partial charge < -0.3 is 5.32 Å². The van der Waals surface area contributed by atoms with E-state index in [1.165, 1.54) is 35.0 Å². The van der Waals surface area contributed by atoms with Crippen LogP contribution in [-0.2, 0) is 0 Å². The maximum absolute atomic E-state index is 3.73. The van der Waals surface area contributed by atoms with Crippen molar-refractivity contribution in [3.63, 3.8) is 0 Å². The van der Waals surface area contributed by atoms with E-state index in [1.807, 2.05) is 11.3 Å². The van der Waals surface area contributed by atoms with E-state index >= 15 is 0 Å². The normalized spacial score (nSPS) is 33.0. The van der Waals surface area contributed by atoms with Crippen molar-refractivity contribution in [2.75, 3.05) is 7.05 Å². The molecule has 3 unspecified atom stereocenters. The van der Waals surface area contributed by atoms with Crippen LogP contribution >= 0.6 is 27.3 Å². The first-order valence-electron chi connectivity index (χ1n) is 6.85. The SMILES string of the molecule is CC(c1cc(Br)cs1)N(C)C1CC2CCC(C1)N2. The molecule has 100 valence electrons. The monoisotopic (exact) mass is 328 g/mol. The molecule has 0 aromatic carbocycles. The van der Waals surface area contributed by atoms with Crippen LogP contribution in [0.3, 0.4) is 0 Å². The maximum atomic E-state index is 3.73. The maximum Gasteiger partial charge on any atom is 0.0413 e. The Labute approximate surface area is 122 Å². The lowest BCUT2D eigenvalue weighted by atomic mass is 9.97. The lowest BCUT2D eigenvalue weighted by molar-refractivity contribution is 0.134. The Morgan fingerprint density at radius 3 is 2.61 bits per heavy atom. The third-order valence-corrected chi connectivity index (χ3v) is 6.50. The summed E-state index contributed by atoms with van der Waals surface area (Å²) in [6, 6.07) is 5.10. The Bertz CT molecular complexity index is 408. The molecule has 2 fully saturated rings. The van der Waals surface area contributed by atoms with E-state index in [9.17, 15) is 0 Å². The lowest BCUT2D eigenvalue weighted by Crippen LogP contribution is -2.47. The van der Waals surface area contributed by atoms with E-state index in [0.717, 1.165) is 18.1 Å². The van der Waals surface area contributed by atoms with Crippen LogP contribution in [-0.4, -0.2) is 30.1 Å². The van der Waals surface area contributed by atoms with Crippen LogP contribution in [0.2, 0.25) is 0 Å². The molecule has 0 saturated carbocycles. The summed E-state index contributed by atoms with van der Waals surface area (Å²) < 4.78 is 1.22. The molecule has 0 aliphatic carbocycles. The van der Waals surface area contributed by atoms with Gasteiger partial charge in [0.05, 0.1) is 0 Å². The summed E-state index contributed by atoms with van der Waals surface area (Å²) >= 11 is 5.42. The van der Waals surface area contributed by atoms with Gasteiger partial charge in [0.15, 0.2) is 0 Å². The Balaban J connectivity index is 1.68. The number of piperidine rings is 1. The van der Waals surface area contributed by atoms with Crippen molar-refractivity contribution >= 4 is 27.3 Å². The fourth-order valence-corrected chi connectivity index (χ4v) is 4.98. The second kappa shape index (κ2) is 5.23. The van der Waals surface area contributed by atoms with Gasteiger partial charge in [0.2, 0.25) is 0 Å². The summed E-state index contributed by atoms with van der Waals surface area (Å²) in [4.78, 5) is 4.06. The zero-order valence-corrected chi connectivity index (χ0v) is 13.4. The summed E-state index contributed by atoms with van der Waals surface area (Å²) in [6.07, 6.45) is 5.41.